The zero-order valence-corrected chi connectivity index (χ0v) is 12.1. The number of nitrogens with zero attached hydrogens (tertiary/aromatic N) is 2. The van der Waals surface area contributed by atoms with E-state index in [1.54, 1.807) is 6.20 Å². The number of aliphatic hydroxyl groups excluding tert-OH is 1. The third-order valence-electron chi connectivity index (χ3n) is 3.21. The number of rotatable bonds is 6. The summed E-state index contributed by atoms with van der Waals surface area (Å²) < 4.78 is 27.8. The van der Waals surface area contributed by atoms with Gasteiger partial charge in [-0.15, -0.1) is 0 Å². The maximum Gasteiger partial charge on any atom is 0.159 e. The van der Waals surface area contributed by atoms with Crippen LogP contribution in [-0.2, 0) is 6.54 Å². The lowest BCUT2D eigenvalue weighted by molar-refractivity contribution is 0.168. The lowest BCUT2D eigenvalue weighted by Crippen LogP contribution is -2.34. The molecule has 1 aromatic carbocycles. The molecule has 0 saturated heterocycles. The van der Waals surface area contributed by atoms with Crippen LogP contribution in [0.1, 0.15) is 24.2 Å². The van der Waals surface area contributed by atoms with E-state index in [0.717, 1.165) is 17.7 Å². The van der Waals surface area contributed by atoms with Crippen molar-refractivity contribution in [1.29, 1.82) is 0 Å². The maximum absolute atomic E-state index is 13.1. The van der Waals surface area contributed by atoms with Crippen molar-refractivity contribution in [2.75, 3.05) is 6.54 Å². The van der Waals surface area contributed by atoms with Crippen molar-refractivity contribution in [2.45, 2.75) is 32.5 Å². The number of aryl methyl sites for hydroxylation is 1. The summed E-state index contributed by atoms with van der Waals surface area (Å²) in [5, 5.41) is 17.3. The van der Waals surface area contributed by atoms with Crippen LogP contribution in [0.25, 0.3) is 0 Å². The van der Waals surface area contributed by atoms with Gasteiger partial charge in [-0.05, 0) is 37.1 Å². The Balaban J connectivity index is 1.85. The van der Waals surface area contributed by atoms with Crippen LogP contribution in [0.3, 0.4) is 0 Å². The molecule has 0 spiro atoms. The van der Waals surface area contributed by atoms with Gasteiger partial charge in [0.05, 0.1) is 18.8 Å². The summed E-state index contributed by atoms with van der Waals surface area (Å²) in [6, 6.07) is 3.50. The molecule has 0 aliphatic carbocycles. The van der Waals surface area contributed by atoms with Crippen molar-refractivity contribution >= 4 is 0 Å². The number of hydrogen-bond acceptors (Lipinski definition) is 3. The van der Waals surface area contributed by atoms with Gasteiger partial charge in [0.1, 0.15) is 0 Å². The van der Waals surface area contributed by atoms with Crippen LogP contribution < -0.4 is 5.32 Å². The number of halogens is 2. The van der Waals surface area contributed by atoms with Crippen LogP contribution >= 0.6 is 0 Å². The monoisotopic (exact) mass is 295 g/mol. The van der Waals surface area contributed by atoms with E-state index in [1.165, 1.54) is 6.07 Å². The summed E-state index contributed by atoms with van der Waals surface area (Å²) in [4.78, 5) is 0. The lowest BCUT2D eigenvalue weighted by atomic mass is 10.1. The van der Waals surface area contributed by atoms with E-state index >= 15 is 0 Å². The van der Waals surface area contributed by atoms with E-state index in [9.17, 15) is 13.9 Å². The highest BCUT2D eigenvalue weighted by Crippen LogP contribution is 2.15. The molecule has 0 unspecified atom stereocenters. The molecule has 1 aromatic heterocycles. The number of hydrogen-bond donors (Lipinski definition) is 2. The van der Waals surface area contributed by atoms with Gasteiger partial charge in [-0.2, -0.15) is 5.10 Å². The first-order valence-corrected chi connectivity index (χ1v) is 6.81. The Hall–Kier alpha value is -1.79. The second-order valence-electron chi connectivity index (χ2n) is 5.24. The molecule has 1 heterocycles. The summed E-state index contributed by atoms with van der Waals surface area (Å²) in [5.41, 5.74) is 1.44. The highest BCUT2D eigenvalue weighted by Gasteiger charge is 2.12. The first-order chi connectivity index (χ1) is 9.95. The van der Waals surface area contributed by atoms with Gasteiger partial charge >= 0.3 is 0 Å². The number of benzene rings is 1. The summed E-state index contributed by atoms with van der Waals surface area (Å²) in [5.74, 6) is -1.87. The molecule has 2 aromatic rings. The van der Waals surface area contributed by atoms with E-state index in [1.807, 2.05) is 24.7 Å². The Morgan fingerprint density at radius 2 is 2.10 bits per heavy atom. The molecule has 0 radical (unpaired) electrons. The fraction of sp³-hybridized carbons (Fsp3) is 0.400. The molecule has 0 aliphatic heterocycles. The van der Waals surface area contributed by atoms with Crippen LogP contribution in [-0.4, -0.2) is 27.5 Å². The molecule has 0 aliphatic rings. The topological polar surface area (TPSA) is 50.1 Å². The molecule has 2 rings (SSSR count). The predicted molar refractivity (Wildman–Crippen MR) is 75.7 cm³/mol. The quantitative estimate of drug-likeness (QED) is 0.859. The van der Waals surface area contributed by atoms with Gasteiger partial charge in [-0.1, -0.05) is 6.07 Å². The van der Waals surface area contributed by atoms with Gasteiger partial charge in [-0.25, -0.2) is 8.78 Å². The van der Waals surface area contributed by atoms with Crippen molar-refractivity contribution in [1.82, 2.24) is 15.1 Å². The smallest absolute Gasteiger partial charge is 0.159 e. The van der Waals surface area contributed by atoms with Crippen molar-refractivity contribution < 1.29 is 13.9 Å². The second kappa shape index (κ2) is 6.78. The zero-order valence-electron chi connectivity index (χ0n) is 12.1. The molecule has 6 heteroatoms. The Morgan fingerprint density at radius 1 is 1.33 bits per heavy atom. The van der Waals surface area contributed by atoms with Gasteiger partial charge in [0, 0.05) is 18.8 Å². The molecule has 4 nitrogen and oxygen atoms in total. The van der Waals surface area contributed by atoms with Crippen LogP contribution in [0, 0.1) is 18.6 Å². The Bertz CT molecular complexity index is 600. The van der Waals surface area contributed by atoms with Crippen molar-refractivity contribution in [3.63, 3.8) is 0 Å². The molecule has 0 amide bonds. The molecule has 114 valence electrons. The highest BCUT2D eigenvalue weighted by atomic mass is 19.2. The molecule has 2 N–H and O–H groups in total. The van der Waals surface area contributed by atoms with Crippen LogP contribution in [0.4, 0.5) is 8.78 Å². The van der Waals surface area contributed by atoms with E-state index in [4.69, 9.17) is 0 Å². The van der Waals surface area contributed by atoms with Crippen LogP contribution in [0.15, 0.2) is 30.6 Å². The third kappa shape index (κ3) is 4.34. The first kappa shape index (κ1) is 15.6. The Labute approximate surface area is 122 Å². The lowest BCUT2D eigenvalue weighted by Gasteiger charge is -2.17. The van der Waals surface area contributed by atoms with Crippen molar-refractivity contribution in [3.8, 4) is 0 Å². The minimum absolute atomic E-state index is 0.0873. The Morgan fingerprint density at radius 3 is 2.71 bits per heavy atom. The first-order valence-electron chi connectivity index (χ1n) is 6.81. The fourth-order valence-corrected chi connectivity index (χ4v) is 2.06. The highest BCUT2D eigenvalue weighted by molar-refractivity contribution is 5.20. The van der Waals surface area contributed by atoms with E-state index in [0.29, 0.717) is 12.1 Å². The fourth-order valence-electron chi connectivity index (χ4n) is 2.06. The zero-order chi connectivity index (χ0) is 15.4. The minimum atomic E-state index is -0.952. The summed E-state index contributed by atoms with van der Waals surface area (Å²) in [6.45, 7) is 4.86. The number of aliphatic hydroxyl groups is 1. The normalized spacial score (nSPS) is 14.1. The molecular weight excluding hydrogens is 276 g/mol. The number of nitrogens with one attached hydrogen (secondary N) is 1. The predicted octanol–water partition coefficient (Wildman–Crippen LogP) is 2.18. The standard InChI is InChI=1S/C15H19F2N3O/c1-10-6-19-20(8-10)9-11(2)18-7-15(21)12-3-4-13(16)14(17)5-12/h3-6,8,11,15,18,21H,7,9H2,1-2H3/t11-,15+/m1/s1. The summed E-state index contributed by atoms with van der Waals surface area (Å²) >= 11 is 0. The second-order valence-corrected chi connectivity index (χ2v) is 5.24. The molecule has 21 heavy (non-hydrogen) atoms. The maximum atomic E-state index is 13.1. The molecule has 0 fully saturated rings. The van der Waals surface area contributed by atoms with Gasteiger partial charge in [0.25, 0.3) is 0 Å². The van der Waals surface area contributed by atoms with Gasteiger partial charge in [0.2, 0.25) is 0 Å². The molecule has 2 atom stereocenters. The van der Waals surface area contributed by atoms with E-state index < -0.39 is 17.7 Å². The average molecular weight is 295 g/mol. The van der Waals surface area contributed by atoms with Crippen LogP contribution in [0.5, 0.6) is 0 Å². The largest absolute Gasteiger partial charge is 0.387 e. The summed E-state index contributed by atoms with van der Waals surface area (Å²) in [7, 11) is 0. The summed E-state index contributed by atoms with van der Waals surface area (Å²) in [6.07, 6.45) is 2.83. The third-order valence-corrected chi connectivity index (χ3v) is 3.21. The van der Waals surface area contributed by atoms with Crippen molar-refractivity contribution in [3.05, 3.63) is 53.4 Å². The van der Waals surface area contributed by atoms with Gasteiger partial charge in [-0.3, -0.25) is 4.68 Å². The Kier molecular flexibility index (Phi) is 5.03. The molecule has 0 bridgehead atoms. The van der Waals surface area contributed by atoms with E-state index in [2.05, 4.69) is 10.4 Å². The molecule has 0 saturated carbocycles. The SMILES string of the molecule is Cc1cnn(C[C@@H](C)NC[C@H](O)c2ccc(F)c(F)c2)c1. The minimum Gasteiger partial charge on any atom is -0.387 e. The van der Waals surface area contributed by atoms with Gasteiger partial charge in [0.15, 0.2) is 11.6 Å². The van der Waals surface area contributed by atoms with Gasteiger partial charge < -0.3 is 10.4 Å². The molecular formula is C15H19F2N3O. The average Bonchev–Trinajstić information content (AvgIpc) is 2.84. The van der Waals surface area contributed by atoms with E-state index in [-0.39, 0.29) is 12.6 Å². The van der Waals surface area contributed by atoms with Crippen LogP contribution in [0.2, 0.25) is 0 Å². The number of aromatic nitrogens is 2. The van der Waals surface area contributed by atoms with Crippen molar-refractivity contribution in [2.24, 2.45) is 0 Å².